The molecule has 8 heteroatoms. The number of alkyl halides is 3. The Balaban J connectivity index is 1.65. The van der Waals surface area contributed by atoms with Crippen LogP contribution in [0.5, 0.6) is 5.75 Å². The fourth-order valence-corrected chi connectivity index (χ4v) is 5.33. The molecule has 2 N–H and O–H groups in total. The fraction of sp³-hybridized carbons (Fsp3) is 0.242. The van der Waals surface area contributed by atoms with Crippen LogP contribution in [0.25, 0.3) is 0 Å². The Morgan fingerprint density at radius 2 is 1.49 bits per heavy atom. The van der Waals surface area contributed by atoms with Crippen molar-refractivity contribution in [1.29, 1.82) is 0 Å². The first kappa shape index (κ1) is 30.2. The summed E-state index contributed by atoms with van der Waals surface area (Å²) in [6.45, 7) is 3.10. The van der Waals surface area contributed by atoms with Gasteiger partial charge in [0.15, 0.2) is 0 Å². The summed E-state index contributed by atoms with van der Waals surface area (Å²) < 4.78 is 47.1. The molecule has 0 spiro atoms. The highest BCUT2D eigenvalue weighted by molar-refractivity contribution is 6.32. The lowest BCUT2D eigenvalue weighted by atomic mass is 9.82. The highest BCUT2D eigenvalue weighted by Gasteiger charge is 2.37. The Bertz CT molecular complexity index is 1410. The van der Waals surface area contributed by atoms with Gasteiger partial charge >= 0.3 is 6.18 Å². The van der Waals surface area contributed by atoms with Crippen molar-refractivity contribution in [2.75, 3.05) is 13.2 Å². The molecule has 214 valence electrons. The highest BCUT2D eigenvalue weighted by atomic mass is 35.5. The van der Waals surface area contributed by atoms with Gasteiger partial charge in [0.2, 0.25) is 5.91 Å². The Hall–Kier alpha value is -3.81. The topological polar surface area (TPSA) is 55.6 Å². The summed E-state index contributed by atoms with van der Waals surface area (Å²) in [5.41, 5.74) is 6.91. The number of carbonyl (C=O) groups excluding carboxylic acids is 1. The van der Waals surface area contributed by atoms with Crippen LogP contribution in [0, 0.1) is 0 Å². The van der Waals surface area contributed by atoms with Crippen molar-refractivity contribution in [2.24, 2.45) is 5.73 Å². The number of primary amides is 1. The molecule has 0 saturated heterocycles. The predicted molar refractivity (Wildman–Crippen MR) is 156 cm³/mol. The first-order valence-electron chi connectivity index (χ1n) is 13.3. The van der Waals surface area contributed by atoms with Gasteiger partial charge < -0.3 is 10.5 Å². The number of rotatable bonds is 12. The predicted octanol–water partition coefficient (Wildman–Crippen LogP) is 7.62. The normalized spacial score (nSPS) is 12.0. The second-order valence-electron chi connectivity index (χ2n) is 9.99. The summed E-state index contributed by atoms with van der Waals surface area (Å²) in [7, 11) is 0. The number of ether oxygens (including phenoxy) is 1. The van der Waals surface area contributed by atoms with Gasteiger partial charge in [-0.05, 0) is 53.8 Å². The SMILES string of the molecule is CC(c1ccccc1)(c1ccccc1)N(CCCOc1cccc(CC(N)=O)c1)Cc1cccc(C(F)(F)F)c1Cl. The van der Waals surface area contributed by atoms with Gasteiger partial charge in [-0.1, -0.05) is 96.5 Å². The second-order valence-corrected chi connectivity index (χ2v) is 10.4. The number of hydrogen-bond donors (Lipinski definition) is 1. The van der Waals surface area contributed by atoms with Crippen LogP contribution in [-0.2, 0) is 29.5 Å². The maximum Gasteiger partial charge on any atom is 0.417 e. The molecule has 0 fully saturated rings. The van der Waals surface area contributed by atoms with Crippen molar-refractivity contribution in [3.05, 3.63) is 136 Å². The minimum Gasteiger partial charge on any atom is -0.494 e. The van der Waals surface area contributed by atoms with Crippen LogP contribution in [0.2, 0.25) is 5.02 Å². The van der Waals surface area contributed by atoms with Crippen molar-refractivity contribution >= 4 is 17.5 Å². The van der Waals surface area contributed by atoms with E-state index in [0.29, 0.717) is 30.9 Å². The van der Waals surface area contributed by atoms with Crippen LogP contribution in [0.4, 0.5) is 13.2 Å². The zero-order chi connectivity index (χ0) is 29.5. The molecule has 0 atom stereocenters. The number of nitrogens with zero attached hydrogens (tertiary/aromatic N) is 1. The zero-order valence-corrected chi connectivity index (χ0v) is 23.5. The summed E-state index contributed by atoms with van der Waals surface area (Å²) in [4.78, 5) is 13.4. The molecule has 0 aliphatic rings. The molecule has 1 amide bonds. The number of benzene rings is 4. The van der Waals surface area contributed by atoms with E-state index in [9.17, 15) is 18.0 Å². The lowest BCUT2D eigenvalue weighted by Crippen LogP contribution is -2.45. The molecule has 0 bridgehead atoms. The molecule has 0 unspecified atom stereocenters. The van der Waals surface area contributed by atoms with Crippen molar-refractivity contribution in [2.45, 2.75) is 38.0 Å². The molecular formula is C33H32ClF3N2O2. The largest absolute Gasteiger partial charge is 0.494 e. The Labute approximate surface area is 243 Å². The average Bonchev–Trinajstić information content (AvgIpc) is 2.95. The van der Waals surface area contributed by atoms with Crippen LogP contribution in [0.3, 0.4) is 0 Å². The van der Waals surface area contributed by atoms with E-state index in [0.717, 1.165) is 22.8 Å². The first-order chi connectivity index (χ1) is 19.6. The van der Waals surface area contributed by atoms with Gasteiger partial charge in [-0.15, -0.1) is 0 Å². The zero-order valence-electron chi connectivity index (χ0n) is 22.7. The van der Waals surface area contributed by atoms with E-state index in [1.807, 2.05) is 72.8 Å². The van der Waals surface area contributed by atoms with Crippen molar-refractivity contribution in [3.63, 3.8) is 0 Å². The maximum atomic E-state index is 13.7. The van der Waals surface area contributed by atoms with Crippen LogP contribution >= 0.6 is 11.6 Å². The van der Waals surface area contributed by atoms with E-state index in [-0.39, 0.29) is 18.0 Å². The third-order valence-corrected chi connectivity index (χ3v) is 7.61. The number of carbonyl (C=O) groups is 1. The molecule has 0 saturated carbocycles. The Kier molecular flexibility index (Phi) is 9.73. The van der Waals surface area contributed by atoms with Gasteiger partial charge in [-0.3, -0.25) is 9.69 Å². The molecule has 4 aromatic rings. The average molecular weight is 581 g/mol. The quantitative estimate of drug-likeness (QED) is 0.175. The van der Waals surface area contributed by atoms with Gasteiger partial charge in [0, 0.05) is 13.1 Å². The van der Waals surface area contributed by atoms with Crippen LogP contribution in [-0.4, -0.2) is 24.0 Å². The van der Waals surface area contributed by atoms with Gasteiger partial charge in [0.1, 0.15) is 5.75 Å². The molecule has 0 aliphatic heterocycles. The summed E-state index contributed by atoms with van der Waals surface area (Å²) in [5, 5.41) is -0.295. The number of nitrogens with two attached hydrogens (primary N) is 1. The Morgan fingerprint density at radius 1 is 0.878 bits per heavy atom. The standard InChI is InChI=1S/C33H32ClF3N2O2/c1-32(26-13-4-2-5-14-26,27-15-6-3-7-16-27)39(23-25-12-9-18-29(31(25)34)33(35,36)37)19-10-20-41-28-17-8-11-24(21-28)22-30(38)40/h2-9,11-18,21H,10,19-20,22-23H2,1H3,(H2,38,40). The summed E-state index contributed by atoms with van der Waals surface area (Å²) in [5.74, 6) is 0.192. The second kappa shape index (κ2) is 13.2. The minimum atomic E-state index is -4.56. The molecular weight excluding hydrogens is 549 g/mol. The van der Waals surface area contributed by atoms with Crippen LogP contribution < -0.4 is 10.5 Å². The highest BCUT2D eigenvalue weighted by Crippen LogP contribution is 2.40. The summed E-state index contributed by atoms with van der Waals surface area (Å²) in [6.07, 6.45) is -3.86. The molecule has 0 aliphatic carbocycles. The first-order valence-corrected chi connectivity index (χ1v) is 13.7. The molecule has 4 aromatic carbocycles. The van der Waals surface area contributed by atoms with Gasteiger partial charge in [0.05, 0.1) is 29.2 Å². The molecule has 0 aromatic heterocycles. The third-order valence-electron chi connectivity index (χ3n) is 7.17. The number of hydrogen-bond acceptors (Lipinski definition) is 3. The molecule has 4 rings (SSSR count). The lowest BCUT2D eigenvalue weighted by Gasteiger charge is -2.43. The lowest BCUT2D eigenvalue weighted by molar-refractivity contribution is -0.137. The summed E-state index contributed by atoms with van der Waals surface area (Å²) in [6, 6.07) is 31.0. The van der Waals surface area contributed by atoms with E-state index < -0.39 is 23.2 Å². The minimum absolute atomic E-state index is 0.120. The van der Waals surface area contributed by atoms with Crippen molar-refractivity contribution < 1.29 is 22.7 Å². The van der Waals surface area contributed by atoms with E-state index in [1.165, 1.54) is 6.07 Å². The van der Waals surface area contributed by atoms with E-state index >= 15 is 0 Å². The number of amides is 1. The summed E-state index contributed by atoms with van der Waals surface area (Å²) >= 11 is 6.37. The van der Waals surface area contributed by atoms with Gasteiger partial charge in [-0.25, -0.2) is 0 Å². The van der Waals surface area contributed by atoms with Gasteiger partial charge in [0.25, 0.3) is 0 Å². The molecule has 41 heavy (non-hydrogen) atoms. The fourth-order valence-electron chi connectivity index (χ4n) is 5.04. The van der Waals surface area contributed by atoms with Crippen molar-refractivity contribution in [3.8, 4) is 5.75 Å². The molecule has 0 radical (unpaired) electrons. The van der Waals surface area contributed by atoms with Crippen molar-refractivity contribution in [1.82, 2.24) is 4.90 Å². The van der Waals surface area contributed by atoms with E-state index in [2.05, 4.69) is 11.8 Å². The van der Waals surface area contributed by atoms with E-state index in [4.69, 9.17) is 22.1 Å². The number of halogens is 4. The Morgan fingerprint density at radius 3 is 2.07 bits per heavy atom. The monoisotopic (exact) mass is 580 g/mol. The van der Waals surface area contributed by atoms with E-state index in [1.54, 1.807) is 18.2 Å². The maximum absolute atomic E-state index is 13.7. The smallest absolute Gasteiger partial charge is 0.417 e. The molecule has 0 heterocycles. The van der Waals surface area contributed by atoms with Crippen LogP contribution in [0.1, 0.15) is 41.2 Å². The van der Waals surface area contributed by atoms with Gasteiger partial charge in [-0.2, -0.15) is 13.2 Å². The van der Waals surface area contributed by atoms with Crippen LogP contribution in [0.15, 0.2) is 103 Å². The molecule has 4 nitrogen and oxygen atoms in total. The third kappa shape index (κ3) is 7.48.